The quantitative estimate of drug-likeness (QED) is 0.438. The summed E-state index contributed by atoms with van der Waals surface area (Å²) < 4.78 is 5.03. The molecule has 130 valence electrons. The molecule has 2 aromatic carbocycles. The molecule has 1 atom stereocenters. The first-order valence-corrected chi connectivity index (χ1v) is 7.67. The van der Waals surface area contributed by atoms with Crippen LogP contribution in [0.15, 0.2) is 48.5 Å². The largest absolute Gasteiger partial charge is 0.449 e. The highest BCUT2D eigenvalue weighted by Crippen LogP contribution is 2.19. The summed E-state index contributed by atoms with van der Waals surface area (Å²) in [4.78, 5) is 35.8. The fourth-order valence-electron chi connectivity index (χ4n) is 1.88. The Bertz CT molecular complexity index is 796. The summed E-state index contributed by atoms with van der Waals surface area (Å²) in [6.45, 7) is 1.37. The van der Waals surface area contributed by atoms with Crippen molar-refractivity contribution in [2.24, 2.45) is 0 Å². The molecule has 0 aliphatic carbocycles. The SMILES string of the molecule is C[C@@H](OC(=O)c1ccc(Cl)cc1N)C(=O)NNC(=O)c1ccccc1. The number of anilines is 1. The maximum Gasteiger partial charge on any atom is 0.341 e. The Morgan fingerprint density at radius 3 is 2.40 bits per heavy atom. The summed E-state index contributed by atoms with van der Waals surface area (Å²) in [6, 6.07) is 12.6. The van der Waals surface area contributed by atoms with Gasteiger partial charge >= 0.3 is 5.97 Å². The summed E-state index contributed by atoms with van der Waals surface area (Å²) in [5.41, 5.74) is 10.7. The van der Waals surface area contributed by atoms with Gasteiger partial charge in [-0.25, -0.2) is 4.79 Å². The predicted molar refractivity (Wildman–Crippen MR) is 92.8 cm³/mol. The highest BCUT2D eigenvalue weighted by molar-refractivity contribution is 6.31. The zero-order valence-electron chi connectivity index (χ0n) is 13.3. The van der Waals surface area contributed by atoms with Gasteiger partial charge in [-0.15, -0.1) is 0 Å². The van der Waals surface area contributed by atoms with Crippen molar-refractivity contribution in [1.82, 2.24) is 10.9 Å². The number of hydrazine groups is 1. The molecule has 4 N–H and O–H groups in total. The van der Waals surface area contributed by atoms with Gasteiger partial charge in [0.15, 0.2) is 6.10 Å². The average molecular weight is 362 g/mol. The van der Waals surface area contributed by atoms with E-state index in [0.717, 1.165) is 0 Å². The molecular formula is C17H16ClN3O4. The third kappa shape index (κ3) is 4.95. The second kappa shape index (κ2) is 8.16. The van der Waals surface area contributed by atoms with Gasteiger partial charge in [0.1, 0.15) is 0 Å². The Hall–Kier alpha value is -3.06. The van der Waals surface area contributed by atoms with Crippen LogP contribution in [-0.2, 0) is 9.53 Å². The number of benzene rings is 2. The van der Waals surface area contributed by atoms with E-state index in [0.29, 0.717) is 10.6 Å². The number of ether oxygens (including phenoxy) is 1. The monoisotopic (exact) mass is 361 g/mol. The lowest BCUT2D eigenvalue weighted by atomic mass is 10.2. The molecule has 0 saturated heterocycles. The Morgan fingerprint density at radius 2 is 1.76 bits per heavy atom. The van der Waals surface area contributed by atoms with Crippen LogP contribution in [0.1, 0.15) is 27.6 Å². The molecule has 2 amide bonds. The fraction of sp³-hybridized carbons (Fsp3) is 0.118. The number of halogens is 1. The third-order valence-corrected chi connectivity index (χ3v) is 3.46. The molecule has 7 nitrogen and oxygen atoms in total. The van der Waals surface area contributed by atoms with Crippen molar-refractivity contribution in [3.05, 3.63) is 64.7 Å². The number of nitrogens with two attached hydrogens (primary N) is 1. The molecule has 0 fully saturated rings. The topological polar surface area (TPSA) is 111 Å². The smallest absolute Gasteiger partial charge is 0.341 e. The molecule has 25 heavy (non-hydrogen) atoms. The zero-order chi connectivity index (χ0) is 18.4. The van der Waals surface area contributed by atoms with E-state index in [1.807, 2.05) is 0 Å². The summed E-state index contributed by atoms with van der Waals surface area (Å²) in [5.74, 6) is -1.95. The Balaban J connectivity index is 1.89. The Kier molecular flexibility index (Phi) is 5.97. The average Bonchev–Trinajstić information content (AvgIpc) is 2.59. The number of carbonyl (C=O) groups excluding carboxylic acids is 3. The minimum atomic E-state index is -1.14. The maximum absolute atomic E-state index is 12.0. The van der Waals surface area contributed by atoms with Crippen LogP contribution in [0, 0.1) is 0 Å². The number of hydrogen-bond donors (Lipinski definition) is 3. The number of nitrogens with one attached hydrogen (secondary N) is 2. The van der Waals surface area contributed by atoms with Crippen LogP contribution in [0.2, 0.25) is 5.02 Å². The standard InChI is InChI=1S/C17H16ClN3O4/c1-10(25-17(24)13-8-7-12(18)9-14(13)19)15(22)20-21-16(23)11-5-3-2-4-6-11/h2-10H,19H2,1H3,(H,20,22)(H,21,23)/t10-/m1/s1. The van der Waals surface area contributed by atoms with E-state index in [9.17, 15) is 14.4 Å². The molecule has 0 aliphatic rings. The summed E-state index contributed by atoms with van der Waals surface area (Å²) in [7, 11) is 0. The van der Waals surface area contributed by atoms with Crippen molar-refractivity contribution in [1.29, 1.82) is 0 Å². The van der Waals surface area contributed by atoms with E-state index >= 15 is 0 Å². The highest BCUT2D eigenvalue weighted by Gasteiger charge is 2.21. The molecule has 0 aliphatic heterocycles. The molecule has 0 spiro atoms. The van der Waals surface area contributed by atoms with Crippen LogP contribution < -0.4 is 16.6 Å². The van der Waals surface area contributed by atoms with Crippen LogP contribution in [0.3, 0.4) is 0 Å². The van der Waals surface area contributed by atoms with Gasteiger partial charge in [-0.1, -0.05) is 29.8 Å². The first kappa shape index (κ1) is 18.3. The number of rotatable bonds is 4. The van der Waals surface area contributed by atoms with E-state index in [1.54, 1.807) is 30.3 Å². The van der Waals surface area contributed by atoms with Gasteiger partial charge in [-0.3, -0.25) is 20.4 Å². The lowest BCUT2D eigenvalue weighted by Crippen LogP contribution is -2.46. The van der Waals surface area contributed by atoms with E-state index in [1.165, 1.54) is 25.1 Å². The lowest BCUT2D eigenvalue weighted by Gasteiger charge is -2.14. The Labute approximate surface area is 149 Å². The summed E-state index contributed by atoms with van der Waals surface area (Å²) in [6.07, 6.45) is -1.14. The minimum absolute atomic E-state index is 0.0948. The van der Waals surface area contributed by atoms with Gasteiger partial charge in [0.25, 0.3) is 11.8 Å². The molecule has 2 aromatic rings. The van der Waals surface area contributed by atoms with Gasteiger partial charge in [-0.2, -0.15) is 0 Å². The van der Waals surface area contributed by atoms with Gasteiger partial charge in [0.2, 0.25) is 0 Å². The Morgan fingerprint density at radius 1 is 1.08 bits per heavy atom. The van der Waals surface area contributed by atoms with Gasteiger partial charge in [0, 0.05) is 16.3 Å². The van der Waals surface area contributed by atoms with Crippen molar-refractivity contribution in [2.75, 3.05) is 5.73 Å². The number of carbonyl (C=O) groups is 3. The van der Waals surface area contributed by atoms with Crippen LogP contribution in [-0.4, -0.2) is 23.9 Å². The fourth-order valence-corrected chi connectivity index (χ4v) is 2.06. The molecule has 0 heterocycles. The van der Waals surface area contributed by atoms with Gasteiger partial charge < -0.3 is 10.5 Å². The molecule has 0 unspecified atom stereocenters. The van der Waals surface area contributed by atoms with Crippen molar-refractivity contribution in [3.63, 3.8) is 0 Å². The molecule has 2 rings (SSSR count). The molecule has 0 radical (unpaired) electrons. The van der Waals surface area contributed by atoms with Gasteiger partial charge in [-0.05, 0) is 37.3 Å². The predicted octanol–water partition coefficient (Wildman–Crippen LogP) is 1.93. The summed E-state index contributed by atoms with van der Waals surface area (Å²) in [5, 5.41) is 0.378. The molecule has 0 aromatic heterocycles. The van der Waals surface area contributed by atoms with E-state index < -0.39 is 23.9 Å². The highest BCUT2D eigenvalue weighted by atomic mass is 35.5. The minimum Gasteiger partial charge on any atom is -0.449 e. The lowest BCUT2D eigenvalue weighted by molar-refractivity contribution is -0.129. The van der Waals surface area contributed by atoms with Crippen molar-refractivity contribution in [2.45, 2.75) is 13.0 Å². The molecule has 8 heteroatoms. The van der Waals surface area contributed by atoms with Crippen LogP contribution in [0.4, 0.5) is 5.69 Å². The third-order valence-electron chi connectivity index (χ3n) is 3.22. The number of esters is 1. The van der Waals surface area contributed by atoms with Crippen molar-refractivity contribution in [3.8, 4) is 0 Å². The normalized spacial score (nSPS) is 11.3. The van der Waals surface area contributed by atoms with E-state index in [4.69, 9.17) is 22.1 Å². The second-order valence-electron chi connectivity index (χ2n) is 5.09. The maximum atomic E-state index is 12.0. The number of hydrogen-bond acceptors (Lipinski definition) is 5. The van der Waals surface area contributed by atoms with Crippen molar-refractivity contribution < 1.29 is 19.1 Å². The summed E-state index contributed by atoms with van der Waals surface area (Å²) >= 11 is 5.76. The van der Waals surface area contributed by atoms with Crippen LogP contribution >= 0.6 is 11.6 Å². The second-order valence-corrected chi connectivity index (χ2v) is 5.52. The van der Waals surface area contributed by atoms with E-state index in [2.05, 4.69) is 10.9 Å². The molecular weight excluding hydrogens is 346 g/mol. The molecule has 0 saturated carbocycles. The van der Waals surface area contributed by atoms with Gasteiger partial charge in [0.05, 0.1) is 5.56 Å². The van der Waals surface area contributed by atoms with Crippen LogP contribution in [0.5, 0.6) is 0 Å². The number of amides is 2. The molecule has 0 bridgehead atoms. The zero-order valence-corrected chi connectivity index (χ0v) is 14.0. The van der Waals surface area contributed by atoms with Crippen LogP contribution in [0.25, 0.3) is 0 Å². The van der Waals surface area contributed by atoms with Crippen molar-refractivity contribution >= 4 is 35.1 Å². The van der Waals surface area contributed by atoms with E-state index in [-0.39, 0.29) is 11.3 Å². The first-order chi connectivity index (χ1) is 11.9. The first-order valence-electron chi connectivity index (χ1n) is 7.29. The number of nitrogen functional groups attached to an aromatic ring is 1.